The quantitative estimate of drug-likeness (QED) is 0.375. The third-order valence-electron chi connectivity index (χ3n) is 1.96. The molecule has 1 unspecified atom stereocenters. The van der Waals surface area contributed by atoms with Gasteiger partial charge in [-0.15, -0.1) is 0 Å². The van der Waals surface area contributed by atoms with E-state index in [2.05, 4.69) is 25.3 Å². The minimum Gasteiger partial charge on any atom is -0.418 e. The molecule has 1 atom stereocenters. The van der Waals surface area contributed by atoms with Gasteiger partial charge < -0.3 is 15.5 Å². The Morgan fingerprint density at radius 3 is 2.54 bits per heavy atom. The SMILES string of the molecule is CCO[Si](C)(C)CCCNC(C)N. The fourth-order valence-electron chi connectivity index (χ4n) is 1.31. The van der Waals surface area contributed by atoms with Gasteiger partial charge in [0.1, 0.15) is 0 Å². The monoisotopic (exact) mass is 204 g/mol. The van der Waals surface area contributed by atoms with Crippen LogP contribution in [0.15, 0.2) is 0 Å². The van der Waals surface area contributed by atoms with Crippen molar-refractivity contribution in [2.24, 2.45) is 5.73 Å². The van der Waals surface area contributed by atoms with Gasteiger partial charge in [-0.05, 0) is 46.0 Å². The first kappa shape index (κ1) is 13.1. The number of nitrogens with two attached hydrogens (primary N) is 1. The van der Waals surface area contributed by atoms with Crippen molar-refractivity contribution in [2.45, 2.75) is 45.6 Å². The second-order valence-corrected chi connectivity index (χ2v) is 8.35. The highest BCUT2D eigenvalue weighted by Crippen LogP contribution is 2.12. The highest BCUT2D eigenvalue weighted by molar-refractivity contribution is 6.71. The van der Waals surface area contributed by atoms with Gasteiger partial charge in [0.25, 0.3) is 0 Å². The van der Waals surface area contributed by atoms with Crippen LogP contribution in [0.5, 0.6) is 0 Å². The molecule has 0 aromatic rings. The molecule has 0 aliphatic rings. The molecule has 0 saturated heterocycles. The molecular formula is C9H24N2OSi. The van der Waals surface area contributed by atoms with Gasteiger partial charge in [-0.3, -0.25) is 0 Å². The lowest BCUT2D eigenvalue weighted by atomic mass is 10.4. The molecule has 0 aromatic heterocycles. The van der Waals surface area contributed by atoms with Crippen molar-refractivity contribution >= 4 is 8.32 Å². The second-order valence-electron chi connectivity index (χ2n) is 4.04. The standard InChI is InChI=1S/C9H24N2OSi/c1-5-12-13(3,4)8-6-7-11-9(2)10/h9,11H,5-8,10H2,1-4H3. The van der Waals surface area contributed by atoms with Crippen molar-refractivity contribution in [1.82, 2.24) is 5.32 Å². The number of rotatable bonds is 7. The third kappa shape index (κ3) is 8.43. The predicted octanol–water partition coefficient (Wildman–Crippen LogP) is 1.51. The molecule has 0 bridgehead atoms. The molecule has 0 spiro atoms. The average Bonchev–Trinajstić information content (AvgIpc) is 1.98. The summed E-state index contributed by atoms with van der Waals surface area (Å²) in [4.78, 5) is 0. The maximum atomic E-state index is 5.72. The highest BCUT2D eigenvalue weighted by atomic mass is 28.4. The number of hydrogen-bond acceptors (Lipinski definition) is 3. The molecule has 0 rings (SSSR count). The minimum absolute atomic E-state index is 0.108. The van der Waals surface area contributed by atoms with Crippen LogP contribution >= 0.6 is 0 Å². The summed E-state index contributed by atoms with van der Waals surface area (Å²) >= 11 is 0. The number of hydrogen-bond donors (Lipinski definition) is 2. The summed E-state index contributed by atoms with van der Waals surface area (Å²) in [6, 6.07) is 1.21. The number of nitrogens with one attached hydrogen (secondary N) is 1. The maximum absolute atomic E-state index is 5.72. The summed E-state index contributed by atoms with van der Waals surface area (Å²) in [7, 11) is -1.36. The first-order valence-electron chi connectivity index (χ1n) is 5.11. The van der Waals surface area contributed by atoms with Gasteiger partial charge in [0, 0.05) is 6.61 Å². The normalized spacial score (nSPS) is 14.5. The van der Waals surface area contributed by atoms with E-state index in [1.165, 1.54) is 12.5 Å². The highest BCUT2D eigenvalue weighted by Gasteiger charge is 2.20. The van der Waals surface area contributed by atoms with Gasteiger partial charge >= 0.3 is 0 Å². The van der Waals surface area contributed by atoms with Crippen LogP contribution in [-0.4, -0.2) is 27.6 Å². The van der Waals surface area contributed by atoms with Crippen LogP contribution in [0.25, 0.3) is 0 Å². The minimum atomic E-state index is -1.36. The van der Waals surface area contributed by atoms with Crippen molar-refractivity contribution in [3.63, 3.8) is 0 Å². The fraction of sp³-hybridized carbons (Fsp3) is 1.00. The largest absolute Gasteiger partial charge is 0.418 e. The van der Waals surface area contributed by atoms with Gasteiger partial charge in [0.05, 0.1) is 6.17 Å². The predicted molar refractivity (Wildman–Crippen MR) is 60.2 cm³/mol. The van der Waals surface area contributed by atoms with Crippen LogP contribution in [0.4, 0.5) is 0 Å². The zero-order valence-electron chi connectivity index (χ0n) is 9.39. The van der Waals surface area contributed by atoms with E-state index >= 15 is 0 Å². The Balaban J connectivity index is 3.40. The zero-order valence-corrected chi connectivity index (χ0v) is 10.4. The molecule has 0 aliphatic carbocycles. The zero-order chi connectivity index (χ0) is 10.3. The smallest absolute Gasteiger partial charge is 0.186 e. The first-order chi connectivity index (χ1) is 5.98. The van der Waals surface area contributed by atoms with E-state index in [1.807, 2.05) is 6.92 Å². The molecule has 0 aliphatic heterocycles. The molecule has 4 heteroatoms. The van der Waals surface area contributed by atoms with Crippen molar-refractivity contribution in [1.29, 1.82) is 0 Å². The van der Waals surface area contributed by atoms with Crippen molar-refractivity contribution in [3.8, 4) is 0 Å². The van der Waals surface area contributed by atoms with Gasteiger partial charge in [-0.2, -0.15) is 0 Å². The molecule has 3 N–H and O–H groups in total. The van der Waals surface area contributed by atoms with Crippen molar-refractivity contribution < 1.29 is 4.43 Å². The molecule has 3 nitrogen and oxygen atoms in total. The second kappa shape index (κ2) is 6.54. The fourth-order valence-corrected chi connectivity index (χ4v) is 3.26. The first-order valence-corrected chi connectivity index (χ1v) is 8.22. The molecule has 0 radical (unpaired) electrons. The van der Waals surface area contributed by atoms with Gasteiger partial charge in [0.2, 0.25) is 0 Å². The van der Waals surface area contributed by atoms with Crippen LogP contribution in [0.3, 0.4) is 0 Å². The molecule has 0 saturated carbocycles. The molecule has 0 aromatic carbocycles. The molecule has 0 amide bonds. The molecule has 13 heavy (non-hydrogen) atoms. The Labute approximate surface area is 83.2 Å². The van der Waals surface area contributed by atoms with Gasteiger partial charge in [-0.1, -0.05) is 0 Å². The third-order valence-corrected chi connectivity index (χ3v) is 4.58. The summed E-state index contributed by atoms with van der Waals surface area (Å²) < 4.78 is 5.72. The van der Waals surface area contributed by atoms with E-state index in [-0.39, 0.29) is 6.17 Å². The lowest BCUT2D eigenvalue weighted by Gasteiger charge is -2.22. The Morgan fingerprint density at radius 1 is 1.46 bits per heavy atom. The maximum Gasteiger partial charge on any atom is 0.186 e. The van der Waals surface area contributed by atoms with Gasteiger partial charge in [-0.25, -0.2) is 0 Å². The van der Waals surface area contributed by atoms with E-state index in [0.29, 0.717) is 0 Å². The molecule has 0 fully saturated rings. The van der Waals surface area contributed by atoms with E-state index in [0.717, 1.165) is 13.2 Å². The van der Waals surface area contributed by atoms with Crippen LogP contribution in [0.2, 0.25) is 19.1 Å². The summed E-state index contributed by atoms with van der Waals surface area (Å²) in [6.07, 6.45) is 1.28. The van der Waals surface area contributed by atoms with E-state index in [1.54, 1.807) is 0 Å². The van der Waals surface area contributed by atoms with Crippen molar-refractivity contribution in [3.05, 3.63) is 0 Å². The summed E-state index contributed by atoms with van der Waals surface area (Å²) in [5.41, 5.74) is 5.57. The van der Waals surface area contributed by atoms with E-state index in [4.69, 9.17) is 10.2 Å². The Kier molecular flexibility index (Phi) is 6.58. The van der Waals surface area contributed by atoms with Crippen LogP contribution in [0.1, 0.15) is 20.3 Å². The molecular weight excluding hydrogens is 180 g/mol. The lowest BCUT2D eigenvalue weighted by Crippen LogP contribution is -2.36. The summed E-state index contributed by atoms with van der Waals surface area (Å²) in [6.45, 7) is 10.4. The van der Waals surface area contributed by atoms with Crippen LogP contribution in [0, 0.1) is 0 Å². The Hall–Kier alpha value is 0.0969. The topological polar surface area (TPSA) is 47.3 Å². The molecule has 80 valence electrons. The van der Waals surface area contributed by atoms with E-state index < -0.39 is 8.32 Å². The Bertz CT molecular complexity index is 129. The van der Waals surface area contributed by atoms with Gasteiger partial charge in [0.15, 0.2) is 8.32 Å². The van der Waals surface area contributed by atoms with Crippen LogP contribution < -0.4 is 11.1 Å². The molecule has 0 heterocycles. The van der Waals surface area contributed by atoms with Crippen LogP contribution in [-0.2, 0) is 4.43 Å². The summed E-state index contributed by atoms with van der Waals surface area (Å²) in [5.74, 6) is 0. The van der Waals surface area contributed by atoms with Crippen molar-refractivity contribution in [2.75, 3.05) is 13.2 Å². The summed E-state index contributed by atoms with van der Waals surface area (Å²) in [5, 5.41) is 3.20. The lowest BCUT2D eigenvalue weighted by molar-refractivity contribution is 0.327. The van der Waals surface area contributed by atoms with E-state index in [9.17, 15) is 0 Å². The Morgan fingerprint density at radius 2 is 2.08 bits per heavy atom. The average molecular weight is 204 g/mol.